The minimum Gasteiger partial charge on any atom is -0.399 e. The van der Waals surface area contributed by atoms with Gasteiger partial charge in [-0.2, -0.15) is 0 Å². The largest absolute Gasteiger partial charge is 0.399 e. The number of anilines is 2. The van der Waals surface area contributed by atoms with E-state index in [1.165, 1.54) is 16.2 Å². The van der Waals surface area contributed by atoms with Gasteiger partial charge in [-0.15, -0.1) is 11.3 Å². The highest BCUT2D eigenvalue weighted by Gasteiger charge is 2.09. The summed E-state index contributed by atoms with van der Waals surface area (Å²) in [4.78, 5) is 14.0. The fraction of sp³-hybridized carbons (Fsp3) is 0.214. The SMILES string of the molecule is CCc1ccc(C(=O)Nc2ccc(N)c(C)c2)s1. The van der Waals surface area contributed by atoms with Gasteiger partial charge in [0.2, 0.25) is 0 Å². The number of carbonyl (C=O) groups is 1. The van der Waals surface area contributed by atoms with E-state index in [2.05, 4.69) is 12.2 Å². The van der Waals surface area contributed by atoms with Crippen molar-refractivity contribution in [3.63, 3.8) is 0 Å². The topological polar surface area (TPSA) is 55.1 Å². The third-order valence-corrected chi connectivity index (χ3v) is 3.99. The maximum Gasteiger partial charge on any atom is 0.265 e. The zero-order valence-electron chi connectivity index (χ0n) is 10.5. The van der Waals surface area contributed by atoms with Gasteiger partial charge >= 0.3 is 0 Å². The number of carbonyl (C=O) groups excluding carboxylic acids is 1. The van der Waals surface area contributed by atoms with Gasteiger partial charge in [0.15, 0.2) is 0 Å². The van der Waals surface area contributed by atoms with E-state index in [-0.39, 0.29) is 5.91 Å². The van der Waals surface area contributed by atoms with E-state index in [9.17, 15) is 4.79 Å². The maximum atomic E-state index is 12.0. The summed E-state index contributed by atoms with van der Waals surface area (Å²) in [5, 5.41) is 2.88. The lowest BCUT2D eigenvalue weighted by atomic mass is 10.2. The van der Waals surface area contributed by atoms with Crippen LogP contribution in [0.25, 0.3) is 0 Å². The lowest BCUT2D eigenvalue weighted by molar-refractivity contribution is 0.103. The Hall–Kier alpha value is -1.81. The summed E-state index contributed by atoms with van der Waals surface area (Å²) in [6.45, 7) is 4.00. The number of hydrogen-bond donors (Lipinski definition) is 2. The summed E-state index contributed by atoms with van der Waals surface area (Å²) < 4.78 is 0. The normalized spacial score (nSPS) is 10.3. The van der Waals surface area contributed by atoms with E-state index in [1.807, 2.05) is 31.2 Å². The Morgan fingerprint density at radius 2 is 2.11 bits per heavy atom. The van der Waals surface area contributed by atoms with Crippen molar-refractivity contribution in [2.24, 2.45) is 0 Å². The average Bonchev–Trinajstić information content (AvgIpc) is 2.82. The lowest BCUT2D eigenvalue weighted by Gasteiger charge is -2.06. The Morgan fingerprint density at radius 1 is 1.33 bits per heavy atom. The molecule has 0 spiro atoms. The molecule has 0 aliphatic carbocycles. The van der Waals surface area contributed by atoms with E-state index in [4.69, 9.17) is 5.73 Å². The van der Waals surface area contributed by atoms with Crippen LogP contribution in [0.1, 0.15) is 27.0 Å². The number of aryl methyl sites for hydroxylation is 2. The number of rotatable bonds is 3. The molecule has 0 radical (unpaired) electrons. The van der Waals surface area contributed by atoms with Crippen LogP contribution in [0.2, 0.25) is 0 Å². The van der Waals surface area contributed by atoms with E-state index < -0.39 is 0 Å². The number of nitrogen functional groups attached to an aromatic ring is 1. The average molecular weight is 260 g/mol. The Kier molecular flexibility index (Phi) is 3.67. The Labute approximate surface area is 111 Å². The molecular formula is C14H16N2OS. The second kappa shape index (κ2) is 5.23. The predicted molar refractivity (Wildman–Crippen MR) is 77.2 cm³/mol. The van der Waals surface area contributed by atoms with Crippen molar-refractivity contribution in [1.82, 2.24) is 0 Å². The third-order valence-electron chi connectivity index (χ3n) is 2.76. The minimum atomic E-state index is -0.0659. The molecule has 0 aliphatic heterocycles. The van der Waals surface area contributed by atoms with Crippen LogP contribution in [-0.4, -0.2) is 5.91 Å². The van der Waals surface area contributed by atoms with Crippen LogP contribution in [0.4, 0.5) is 11.4 Å². The molecule has 0 saturated heterocycles. The van der Waals surface area contributed by atoms with Gasteiger partial charge in [0, 0.05) is 16.3 Å². The van der Waals surface area contributed by atoms with Gasteiger partial charge < -0.3 is 11.1 Å². The van der Waals surface area contributed by atoms with Crippen LogP contribution in [0.15, 0.2) is 30.3 Å². The molecule has 18 heavy (non-hydrogen) atoms. The van der Waals surface area contributed by atoms with Crippen molar-refractivity contribution < 1.29 is 4.79 Å². The first-order valence-electron chi connectivity index (χ1n) is 5.86. The number of nitrogens with two attached hydrogens (primary N) is 1. The highest BCUT2D eigenvalue weighted by Crippen LogP contribution is 2.20. The van der Waals surface area contributed by atoms with Gasteiger partial charge in [-0.25, -0.2) is 0 Å². The van der Waals surface area contributed by atoms with Crippen LogP contribution < -0.4 is 11.1 Å². The molecule has 0 fully saturated rings. The fourth-order valence-electron chi connectivity index (χ4n) is 1.64. The first-order valence-corrected chi connectivity index (χ1v) is 6.68. The molecule has 2 rings (SSSR count). The number of nitrogens with one attached hydrogen (secondary N) is 1. The Morgan fingerprint density at radius 3 is 2.72 bits per heavy atom. The zero-order valence-corrected chi connectivity index (χ0v) is 11.3. The Balaban J connectivity index is 2.13. The molecular weight excluding hydrogens is 244 g/mol. The molecule has 1 amide bonds. The van der Waals surface area contributed by atoms with Gasteiger partial charge in [0.25, 0.3) is 5.91 Å². The summed E-state index contributed by atoms with van der Waals surface area (Å²) in [6.07, 6.45) is 0.957. The molecule has 0 unspecified atom stereocenters. The number of amides is 1. The maximum absolute atomic E-state index is 12.0. The molecule has 1 aromatic carbocycles. The summed E-state index contributed by atoms with van der Waals surface area (Å²) in [5.74, 6) is -0.0659. The molecule has 0 aliphatic rings. The summed E-state index contributed by atoms with van der Waals surface area (Å²) >= 11 is 1.53. The molecule has 1 heterocycles. The fourth-order valence-corrected chi connectivity index (χ4v) is 2.48. The van der Waals surface area contributed by atoms with Crippen LogP contribution in [-0.2, 0) is 6.42 Å². The van der Waals surface area contributed by atoms with Crippen LogP contribution in [0, 0.1) is 6.92 Å². The lowest BCUT2D eigenvalue weighted by Crippen LogP contribution is -2.10. The summed E-state index contributed by atoms with van der Waals surface area (Å²) in [6, 6.07) is 9.35. The van der Waals surface area contributed by atoms with Crippen molar-refractivity contribution >= 4 is 28.6 Å². The molecule has 0 saturated carbocycles. The quantitative estimate of drug-likeness (QED) is 0.830. The van der Waals surface area contributed by atoms with Crippen molar-refractivity contribution in [1.29, 1.82) is 0 Å². The highest BCUT2D eigenvalue weighted by molar-refractivity contribution is 7.14. The molecule has 4 heteroatoms. The van der Waals surface area contributed by atoms with Crippen LogP contribution in [0.3, 0.4) is 0 Å². The number of thiophene rings is 1. The molecule has 1 aromatic heterocycles. The predicted octanol–water partition coefficient (Wildman–Crippen LogP) is 3.45. The van der Waals surface area contributed by atoms with Gasteiger partial charge in [0.05, 0.1) is 4.88 Å². The smallest absolute Gasteiger partial charge is 0.265 e. The number of benzene rings is 1. The number of hydrogen-bond acceptors (Lipinski definition) is 3. The van der Waals surface area contributed by atoms with E-state index in [0.29, 0.717) is 0 Å². The van der Waals surface area contributed by atoms with Crippen molar-refractivity contribution in [2.45, 2.75) is 20.3 Å². The third kappa shape index (κ3) is 2.71. The van der Waals surface area contributed by atoms with Gasteiger partial charge in [0.1, 0.15) is 0 Å². The van der Waals surface area contributed by atoms with E-state index in [1.54, 1.807) is 6.07 Å². The van der Waals surface area contributed by atoms with Gasteiger partial charge in [-0.1, -0.05) is 6.92 Å². The molecule has 2 aromatic rings. The monoisotopic (exact) mass is 260 g/mol. The zero-order chi connectivity index (χ0) is 13.1. The molecule has 0 atom stereocenters. The van der Waals surface area contributed by atoms with Gasteiger partial charge in [-0.05, 0) is 49.2 Å². The van der Waals surface area contributed by atoms with Crippen molar-refractivity contribution in [3.8, 4) is 0 Å². The first-order chi connectivity index (χ1) is 8.60. The van der Waals surface area contributed by atoms with Crippen LogP contribution in [0.5, 0.6) is 0 Å². The molecule has 94 valence electrons. The van der Waals surface area contributed by atoms with E-state index >= 15 is 0 Å². The molecule has 0 bridgehead atoms. The minimum absolute atomic E-state index is 0.0659. The summed E-state index contributed by atoms with van der Waals surface area (Å²) in [5.41, 5.74) is 8.22. The Bertz CT molecular complexity index is 575. The second-order valence-electron chi connectivity index (χ2n) is 4.15. The first kappa shape index (κ1) is 12.6. The van der Waals surface area contributed by atoms with Crippen molar-refractivity contribution in [2.75, 3.05) is 11.1 Å². The second-order valence-corrected chi connectivity index (χ2v) is 5.31. The van der Waals surface area contributed by atoms with E-state index in [0.717, 1.165) is 28.2 Å². The standard InChI is InChI=1S/C14H16N2OS/c1-3-11-5-7-13(18-11)14(17)16-10-4-6-12(15)9(2)8-10/h4-8H,3,15H2,1-2H3,(H,16,17). The summed E-state index contributed by atoms with van der Waals surface area (Å²) in [7, 11) is 0. The molecule has 3 N–H and O–H groups in total. The van der Waals surface area contributed by atoms with Gasteiger partial charge in [-0.3, -0.25) is 4.79 Å². The highest BCUT2D eigenvalue weighted by atomic mass is 32.1. The van der Waals surface area contributed by atoms with Crippen LogP contribution >= 0.6 is 11.3 Å². The molecule has 3 nitrogen and oxygen atoms in total. The van der Waals surface area contributed by atoms with Crippen molar-refractivity contribution in [3.05, 3.63) is 45.6 Å².